The van der Waals surface area contributed by atoms with E-state index in [1.807, 2.05) is 0 Å². The van der Waals surface area contributed by atoms with E-state index in [9.17, 15) is 17.7 Å². The van der Waals surface area contributed by atoms with Gasteiger partial charge in [-0.1, -0.05) is 17.9 Å². The van der Waals surface area contributed by atoms with Crippen LogP contribution in [0.25, 0.3) is 0 Å². The third-order valence-electron chi connectivity index (χ3n) is 1.83. The second-order valence-corrected chi connectivity index (χ2v) is 3.74. The molecule has 0 aliphatic heterocycles. The molecule has 88 valence electrons. The van der Waals surface area contributed by atoms with Gasteiger partial charge in [0.2, 0.25) is 5.91 Å². The molecule has 1 aromatic rings. The fraction of sp³-hybridized carbons (Fsp3) is 0.222. The predicted octanol–water partition coefficient (Wildman–Crippen LogP) is 3.52. The van der Waals surface area contributed by atoms with E-state index in [0.29, 0.717) is 10.7 Å². The zero-order chi connectivity index (χ0) is 12.2. The van der Waals surface area contributed by atoms with Crippen molar-refractivity contribution in [3.05, 3.63) is 29.3 Å². The highest BCUT2D eigenvalue weighted by Crippen LogP contribution is 2.18. The van der Waals surface area contributed by atoms with Crippen LogP contribution in [0, 0.1) is 0 Å². The van der Waals surface area contributed by atoms with Gasteiger partial charge < -0.3 is 18.3 Å². The lowest BCUT2D eigenvalue weighted by atomic mass is 9.84. The topological polar surface area (TPSA) is 29.1 Å². The Morgan fingerprint density at radius 3 is 2.31 bits per heavy atom. The SMILES string of the molecule is O=C(CC[B-](F)(F)F)Nc1ccc(Cl)cc1. The third kappa shape index (κ3) is 5.07. The second-order valence-electron chi connectivity index (χ2n) is 3.30. The normalized spacial score (nSPS) is 11.2. The van der Waals surface area contributed by atoms with Gasteiger partial charge in [-0.05, 0) is 24.3 Å². The lowest BCUT2D eigenvalue weighted by molar-refractivity contribution is -0.116. The monoisotopic (exact) mass is 250 g/mol. The molecule has 1 aromatic carbocycles. The summed E-state index contributed by atoms with van der Waals surface area (Å²) in [7, 11) is 0. The van der Waals surface area contributed by atoms with Crippen molar-refractivity contribution in [3.8, 4) is 0 Å². The summed E-state index contributed by atoms with van der Waals surface area (Å²) in [5.74, 6) is -0.651. The van der Waals surface area contributed by atoms with E-state index in [1.54, 1.807) is 12.1 Å². The Morgan fingerprint density at radius 1 is 1.25 bits per heavy atom. The summed E-state index contributed by atoms with van der Waals surface area (Å²) in [5, 5.41) is 2.85. The molecule has 0 saturated carbocycles. The van der Waals surface area contributed by atoms with Crippen LogP contribution in [0.15, 0.2) is 24.3 Å². The van der Waals surface area contributed by atoms with Crippen LogP contribution in [-0.4, -0.2) is 12.9 Å². The van der Waals surface area contributed by atoms with Crippen LogP contribution in [-0.2, 0) is 4.79 Å². The summed E-state index contributed by atoms with van der Waals surface area (Å²) >= 11 is 5.61. The molecule has 0 radical (unpaired) electrons. The number of carbonyl (C=O) groups excluding carboxylic acids is 1. The zero-order valence-corrected chi connectivity index (χ0v) is 8.98. The van der Waals surface area contributed by atoms with E-state index in [4.69, 9.17) is 11.6 Å². The van der Waals surface area contributed by atoms with Crippen molar-refractivity contribution in [1.82, 2.24) is 0 Å². The Morgan fingerprint density at radius 2 is 1.81 bits per heavy atom. The summed E-state index contributed by atoms with van der Waals surface area (Å²) in [6.07, 6.45) is -1.61. The van der Waals surface area contributed by atoms with Crippen molar-refractivity contribution in [2.24, 2.45) is 0 Å². The molecule has 1 amide bonds. The quantitative estimate of drug-likeness (QED) is 0.814. The van der Waals surface area contributed by atoms with Crippen LogP contribution in [0.2, 0.25) is 11.3 Å². The van der Waals surface area contributed by atoms with Crippen LogP contribution in [0.4, 0.5) is 18.6 Å². The summed E-state index contributed by atoms with van der Waals surface area (Å²) < 4.78 is 35.6. The van der Waals surface area contributed by atoms with Gasteiger partial charge in [0.15, 0.2) is 0 Å². The Hall–Kier alpha value is -1.17. The standard InChI is InChI=1S/C9H9BClF3NO/c11-7-1-3-8(4-2-7)15-9(16)5-6-10(12,13)14/h1-4H,5-6H2,(H,15,16)/q-1. The fourth-order valence-electron chi connectivity index (χ4n) is 1.05. The van der Waals surface area contributed by atoms with Crippen molar-refractivity contribution >= 4 is 30.2 Å². The molecule has 1 rings (SSSR count). The van der Waals surface area contributed by atoms with Crippen molar-refractivity contribution in [2.75, 3.05) is 5.32 Å². The van der Waals surface area contributed by atoms with Gasteiger partial charge in [0.05, 0.1) is 0 Å². The van der Waals surface area contributed by atoms with Gasteiger partial charge in [-0.3, -0.25) is 4.79 Å². The molecule has 0 spiro atoms. The molecule has 0 bridgehead atoms. The summed E-state index contributed by atoms with van der Waals surface area (Å²) in [5.41, 5.74) is 0.434. The Kier molecular flexibility index (Phi) is 4.23. The molecule has 0 aromatic heterocycles. The molecule has 0 saturated heterocycles. The minimum atomic E-state index is -4.90. The maximum absolute atomic E-state index is 11.9. The van der Waals surface area contributed by atoms with Gasteiger partial charge in [0, 0.05) is 17.1 Å². The van der Waals surface area contributed by atoms with E-state index >= 15 is 0 Å². The van der Waals surface area contributed by atoms with Crippen molar-refractivity contribution < 1.29 is 17.7 Å². The number of hydrogen-bond donors (Lipinski definition) is 1. The Labute approximate surface area is 95.8 Å². The molecule has 16 heavy (non-hydrogen) atoms. The van der Waals surface area contributed by atoms with Gasteiger partial charge in [0.1, 0.15) is 0 Å². The first kappa shape index (κ1) is 12.9. The van der Waals surface area contributed by atoms with Gasteiger partial charge in [-0.15, -0.1) is 0 Å². The van der Waals surface area contributed by atoms with Crippen LogP contribution in [0.1, 0.15) is 6.42 Å². The number of rotatable bonds is 4. The molecule has 0 heterocycles. The van der Waals surface area contributed by atoms with Gasteiger partial charge >= 0.3 is 6.98 Å². The van der Waals surface area contributed by atoms with E-state index in [0.717, 1.165) is 0 Å². The molecular weight excluding hydrogens is 241 g/mol. The number of halogens is 4. The predicted molar refractivity (Wildman–Crippen MR) is 58.6 cm³/mol. The third-order valence-corrected chi connectivity index (χ3v) is 2.08. The fourth-order valence-corrected chi connectivity index (χ4v) is 1.18. The first-order valence-corrected chi connectivity index (χ1v) is 5.01. The maximum Gasteiger partial charge on any atom is 0.478 e. The van der Waals surface area contributed by atoms with Gasteiger partial charge in [-0.2, -0.15) is 0 Å². The number of carbonyl (C=O) groups is 1. The molecule has 2 nitrogen and oxygen atoms in total. The zero-order valence-electron chi connectivity index (χ0n) is 8.22. The van der Waals surface area contributed by atoms with E-state index in [1.165, 1.54) is 12.1 Å². The summed E-state index contributed by atoms with van der Waals surface area (Å²) in [6.45, 7) is -4.90. The highest BCUT2D eigenvalue weighted by molar-refractivity contribution is 6.58. The van der Waals surface area contributed by atoms with Gasteiger partial charge in [0.25, 0.3) is 0 Å². The Balaban J connectivity index is 2.43. The molecule has 0 fully saturated rings. The number of anilines is 1. The lowest BCUT2D eigenvalue weighted by Crippen LogP contribution is -2.19. The van der Waals surface area contributed by atoms with Gasteiger partial charge in [-0.25, -0.2) is 0 Å². The highest BCUT2D eigenvalue weighted by Gasteiger charge is 2.23. The summed E-state index contributed by atoms with van der Waals surface area (Å²) in [6, 6.07) is 6.15. The van der Waals surface area contributed by atoms with Crippen LogP contribution in [0.3, 0.4) is 0 Å². The van der Waals surface area contributed by atoms with E-state index in [2.05, 4.69) is 5.32 Å². The first-order valence-electron chi connectivity index (χ1n) is 4.63. The van der Waals surface area contributed by atoms with E-state index < -0.39 is 25.6 Å². The molecule has 0 aliphatic carbocycles. The average molecular weight is 250 g/mol. The smallest absolute Gasteiger partial charge is 0.449 e. The first-order chi connectivity index (χ1) is 7.37. The Bertz CT molecular complexity index is 366. The van der Waals surface area contributed by atoms with Crippen molar-refractivity contribution in [3.63, 3.8) is 0 Å². The average Bonchev–Trinajstić information content (AvgIpc) is 2.18. The highest BCUT2D eigenvalue weighted by atomic mass is 35.5. The number of nitrogens with one attached hydrogen (secondary N) is 1. The molecular formula is C9H9BClF3NO-. The van der Waals surface area contributed by atoms with Crippen molar-refractivity contribution in [2.45, 2.75) is 12.7 Å². The molecule has 0 aliphatic rings. The van der Waals surface area contributed by atoms with Crippen LogP contribution < -0.4 is 5.32 Å². The van der Waals surface area contributed by atoms with Crippen LogP contribution in [0.5, 0.6) is 0 Å². The molecule has 7 heteroatoms. The minimum absolute atomic E-state index is 0.434. The second kappa shape index (κ2) is 5.25. The largest absolute Gasteiger partial charge is 0.478 e. The van der Waals surface area contributed by atoms with Crippen molar-refractivity contribution in [1.29, 1.82) is 0 Å². The summed E-state index contributed by atoms with van der Waals surface area (Å²) in [4.78, 5) is 11.1. The number of amides is 1. The molecule has 1 N–H and O–H groups in total. The number of benzene rings is 1. The minimum Gasteiger partial charge on any atom is -0.449 e. The van der Waals surface area contributed by atoms with E-state index in [-0.39, 0.29) is 0 Å². The lowest BCUT2D eigenvalue weighted by Gasteiger charge is -2.12. The maximum atomic E-state index is 11.9. The number of hydrogen-bond acceptors (Lipinski definition) is 1. The molecule has 0 atom stereocenters. The molecule has 0 unspecified atom stereocenters. The van der Waals surface area contributed by atoms with Crippen LogP contribution >= 0.6 is 11.6 Å².